The van der Waals surface area contributed by atoms with Crippen LogP contribution in [0.3, 0.4) is 0 Å². The molecule has 0 atom stereocenters. The van der Waals surface area contributed by atoms with E-state index in [-0.39, 0.29) is 5.91 Å². The Morgan fingerprint density at radius 2 is 1.41 bits per heavy atom. The number of amides is 1. The van der Waals surface area contributed by atoms with E-state index < -0.39 is 0 Å². The molecule has 0 bridgehead atoms. The zero-order chi connectivity index (χ0) is 16.1. The fraction of sp³-hybridized carbons (Fsp3) is 0.176. The molecule has 2 aromatic carbocycles. The van der Waals surface area contributed by atoms with Gasteiger partial charge in [0.1, 0.15) is 0 Å². The van der Waals surface area contributed by atoms with E-state index in [2.05, 4.69) is 10.6 Å². The van der Waals surface area contributed by atoms with E-state index in [4.69, 9.17) is 12.2 Å². The molecule has 2 aromatic rings. The van der Waals surface area contributed by atoms with Gasteiger partial charge in [-0.25, -0.2) is 0 Å². The van der Waals surface area contributed by atoms with Gasteiger partial charge in [0.05, 0.1) is 0 Å². The molecule has 2 rings (SSSR count). The van der Waals surface area contributed by atoms with E-state index in [0.717, 1.165) is 17.1 Å². The van der Waals surface area contributed by atoms with Gasteiger partial charge >= 0.3 is 0 Å². The highest BCUT2D eigenvalue weighted by Gasteiger charge is 2.05. The van der Waals surface area contributed by atoms with E-state index in [1.165, 1.54) is 12.5 Å². The zero-order valence-electron chi connectivity index (χ0n) is 12.9. The van der Waals surface area contributed by atoms with Crippen LogP contribution >= 0.6 is 12.2 Å². The Balaban J connectivity index is 1.97. The van der Waals surface area contributed by atoms with Crippen LogP contribution in [0.15, 0.2) is 48.5 Å². The second kappa shape index (κ2) is 7.04. The Morgan fingerprint density at radius 1 is 0.955 bits per heavy atom. The maximum atomic E-state index is 11.3. The van der Waals surface area contributed by atoms with Crippen molar-refractivity contribution >= 4 is 40.3 Å². The third kappa shape index (κ3) is 4.30. The molecule has 0 aliphatic rings. The molecule has 0 heterocycles. The highest BCUT2D eigenvalue weighted by atomic mass is 32.1. The molecule has 0 saturated heterocycles. The van der Waals surface area contributed by atoms with E-state index in [0.29, 0.717) is 5.11 Å². The minimum atomic E-state index is -0.00253. The lowest BCUT2D eigenvalue weighted by atomic mass is 10.2. The third-order valence-corrected chi connectivity index (χ3v) is 3.50. The summed E-state index contributed by atoms with van der Waals surface area (Å²) in [6.07, 6.45) is 0. The van der Waals surface area contributed by atoms with Crippen LogP contribution in [-0.4, -0.2) is 18.1 Å². The van der Waals surface area contributed by atoms with Crippen LogP contribution in [0.25, 0.3) is 0 Å². The van der Waals surface area contributed by atoms with Gasteiger partial charge in [-0.15, -0.1) is 0 Å². The quantitative estimate of drug-likeness (QED) is 0.846. The number of hydrogen-bond acceptors (Lipinski definition) is 2. The van der Waals surface area contributed by atoms with Crippen LogP contribution in [0.1, 0.15) is 12.5 Å². The number of anilines is 3. The summed E-state index contributed by atoms with van der Waals surface area (Å²) in [7, 11) is 1.74. The number of aryl methyl sites for hydroxylation is 1. The molecule has 2 N–H and O–H groups in total. The summed E-state index contributed by atoms with van der Waals surface area (Å²) in [4.78, 5) is 12.9. The highest BCUT2D eigenvalue weighted by molar-refractivity contribution is 7.80. The van der Waals surface area contributed by atoms with Gasteiger partial charge in [-0.2, -0.15) is 0 Å². The third-order valence-electron chi connectivity index (χ3n) is 3.29. The summed E-state index contributed by atoms with van der Waals surface area (Å²) in [5, 5.41) is 6.77. The number of hydrogen-bond donors (Lipinski definition) is 2. The summed E-state index contributed by atoms with van der Waals surface area (Å²) in [6.45, 7) is 3.58. The molecule has 114 valence electrons. The predicted molar refractivity (Wildman–Crippen MR) is 96.5 cm³/mol. The summed E-state index contributed by atoms with van der Waals surface area (Å²) >= 11 is 5.29. The van der Waals surface area contributed by atoms with Crippen LogP contribution < -0.4 is 15.5 Å². The molecule has 0 radical (unpaired) electrons. The molecule has 0 aliphatic carbocycles. The molecule has 4 nitrogen and oxygen atoms in total. The van der Waals surface area contributed by atoms with E-state index in [9.17, 15) is 4.79 Å². The number of rotatable bonds is 3. The molecule has 0 fully saturated rings. The Hall–Kier alpha value is -2.40. The Morgan fingerprint density at radius 3 is 1.86 bits per heavy atom. The van der Waals surface area contributed by atoms with Crippen molar-refractivity contribution in [3.05, 3.63) is 54.1 Å². The lowest BCUT2D eigenvalue weighted by Crippen LogP contribution is -2.23. The van der Waals surface area contributed by atoms with Crippen molar-refractivity contribution < 1.29 is 4.79 Å². The maximum Gasteiger partial charge on any atom is 0.223 e. The number of benzene rings is 2. The van der Waals surface area contributed by atoms with Crippen LogP contribution in [0.5, 0.6) is 0 Å². The van der Waals surface area contributed by atoms with Crippen LogP contribution in [0.2, 0.25) is 0 Å². The van der Waals surface area contributed by atoms with Gasteiger partial charge in [0.25, 0.3) is 0 Å². The molecule has 5 heteroatoms. The standard InChI is InChI=1S/C17H19N3OS/c1-12-4-6-14(7-5-12)18-17(22)19-15-8-10-16(11-9-15)20(3)13(2)21/h4-11H,1-3H3,(H2,18,19,22). The summed E-state index contributed by atoms with van der Waals surface area (Å²) in [5.41, 5.74) is 3.85. The average molecular weight is 313 g/mol. The minimum Gasteiger partial charge on any atom is -0.332 e. The first-order chi connectivity index (χ1) is 10.5. The molecule has 0 spiro atoms. The Kier molecular flexibility index (Phi) is 5.12. The van der Waals surface area contributed by atoms with Crippen molar-refractivity contribution in [3.8, 4) is 0 Å². The smallest absolute Gasteiger partial charge is 0.223 e. The van der Waals surface area contributed by atoms with E-state index in [1.807, 2.05) is 55.5 Å². The molecule has 0 aromatic heterocycles. The lowest BCUT2D eigenvalue weighted by Gasteiger charge is -2.16. The van der Waals surface area contributed by atoms with Crippen LogP contribution in [0, 0.1) is 6.92 Å². The normalized spacial score (nSPS) is 9.95. The molecule has 0 saturated carbocycles. The van der Waals surface area contributed by atoms with Gasteiger partial charge in [0, 0.05) is 31.0 Å². The van der Waals surface area contributed by atoms with Gasteiger partial charge in [-0.1, -0.05) is 17.7 Å². The number of nitrogens with one attached hydrogen (secondary N) is 2. The summed E-state index contributed by atoms with van der Waals surface area (Å²) in [5.74, 6) is -0.00253. The van der Waals surface area contributed by atoms with Gasteiger partial charge in [-0.3, -0.25) is 4.79 Å². The number of carbonyl (C=O) groups is 1. The lowest BCUT2D eigenvalue weighted by molar-refractivity contribution is -0.116. The highest BCUT2D eigenvalue weighted by Crippen LogP contribution is 2.17. The van der Waals surface area contributed by atoms with Crippen molar-refractivity contribution in [1.82, 2.24) is 0 Å². The van der Waals surface area contributed by atoms with Crippen LogP contribution in [0.4, 0.5) is 17.1 Å². The Labute approximate surface area is 136 Å². The van der Waals surface area contributed by atoms with Gasteiger partial charge in [-0.05, 0) is 55.5 Å². The fourth-order valence-electron chi connectivity index (χ4n) is 1.88. The van der Waals surface area contributed by atoms with Gasteiger partial charge in [0.15, 0.2) is 5.11 Å². The number of carbonyl (C=O) groups excluding carboxylic acids is 1. The second-order valence-electron chi connectivity index (χ2n) is 5.07. The first-order valence-corrected chi connectivity index (χ1v) is 7.35. The first-order valence-electron chi connectivity index (χ1n) is 6.95. The monoisotopic (exact) mass is 313 g/mol. The zero-order valence-corrected chi connectivity index (χ0v) is 13.7. The van der Waals surface area contributed by atoms with E-state index in [1.54, 1.807) is 11.9 Å². The number of thiocarbonyl (C=S) groups is 1. The second-order valence-corrected chi connectivity index (χ2v) is 5.48. The van der Waals surface area contributed by atoms with Crippen molar-refractivity contribution in [2.45, 2.75) is 13.8 Å². The van der Waals surface area contributed by atoms with Crippen molar-refractivity contribution in [2.24, 2.45) is 0 Å². The predicted octanol–water partition coefficient (Wildman–Crippen LogP) is 3.79. The van der Waals surface area contributed by atoms with Crippen molar-refractivity contribution in [2.75, 3.05) is 22.6 Å². The van der Waals surface area contributed by atoms with Gasteiger partial charge < -0.3 is 15.5 Å². The first kappa shape index (κ1) is 16.0. The van der Waals surface area contributed by atoms with Crippen LogP contribution in [-0.2, 0) is 4.79 Å². The molecule has 22 heavy (non-hydrogen) atoms. The minimum absolute atomic E-state index is 0.00253. The largest absolute Gasteiger partial charge is 0.332 e. The van der Waals surface area contributed by atoms with Crippen molar-refractivity contribution in [3.63, 3.8) is 0 Å². The topological polar surface area (TPSA) is 44.4 Å². The summed E-state index contributed by atoms with van der Waals surface area (Å²) < 4.78 is 0. The molecule has 0 aliphatic heterocycles. The Bertz CT molecular complexity index is 665. The molecular formula is C17H19N3OS. The molecule has 0 unspecified atom stereocenters. The number of nitrogens with zero attached hydrogens (tertiary/aromatic N) is 1. The van der Waals surface area contributed by atoms with Crippen molar-refractivity contribution in [1.29, 1.82) is 0 Å². The molecule has 1 amide bonds. The SMILES string of the molecule is CC(=O)N(C)c1ccc(NC(=S)Nc2ccc(C)cc2)cc1. The van der Waals surface area contributed by atoms with E-state index >= 15 is 0 Å². The van der Waals surface area contributed by atoms with Gasteiger partial charge in [0.2, 0.25) is 5.91 Å². The maximum absolute atomic E-state index is 11.3. The summed E-state index contributed by atoms with van der Waals surface area (Å²) in [6, 6.07) is 15.5. The fourth-order valence-corrected chi connectivity index (χ4v) is 2.12. The molecular weight excluding hydrogens is 294 g/mol. The average Bonchev–Trinajstić information content (AvgIpc) is 2.49.